The Bertz CT molecular complexity index is 449. The Hall–Kier alpha value is -0.560. The van der Waals surface area contributed by atoms with Gasteiger partial charge in [-0.2, -0.15) is 0 Å². The summed E-state index contributed by atoms with van der Waals surface area (Å²) in [5.41, 5.74) is 4.96. The monoisotopic (exact) mass is 306 g/mol. The zero-order valence-corrected chi connectivity index (χ0v) is 13.5. The van der Waals surface area contributed by atoms with Crippen LogP contribution in [0.5, 0.6) is 0 Å². The number of alkyl halides is 1. The minimum Gasteiger partial charge on any atom is -0.0876 e. The van der Waals surface area contributed by atoms with Gasteiger partial charge in [-0.3, -0.25) is 0 Å². The standard InChI is InChI=1S/C17H23Br/c1-16(2)9-15(10-17(3,4)12-16)14-7-5-13(11-18)6-8-14/h5-9H,10-12H2,1-4H3. The number of hydrogen-bond donors (Lipinski definition) is 0. The average molecular weight is 307 g/mol. The lowest BCUT2D eigenvalue weighted by molar-refractivity contribution is 0.229. The molecule has 1 aromatic carbocycles. The van der Waals surface area contributed by atoms with E-state index in [-0.39, 0.29) is 0 Å². The van der Waals surface area contributed by atoms with E-state index in [1.54, 1.807) is 0 Å². The zero-order valence-electron chi connectivity index (χ0n) is 11.9. The molecule has 0 aromatic heterocycles. The summed E-state index contributed by atoms with van der Waals surface area (Å²) in [6.45, 7) is 9.46. The normalized spacial score (nSPS) is 21.5. The molecular weight excluding hydrogens is 284 g/mol. The Morgan fingerprint density at radius 2 is 1.67 bits per heavy atom. The van der Waals surface area contributed by atoms with Gasteiger partial charge in [-0.05, 0) is 40.4 Å². The first-order chi connectivity index (χ1) is 8.31. The Balaban J connectivity index is 2.34. The molecule has 1 aromatic rings. The molecule has 0 N–H and O–H groups in total. The van der Waals surface area contributed by atoms with Crippen LogP contribution in [-0.4, -0.2) is 0 Å². The van der Waals surface area contributed by atoms with E-state index in [0.29, 0.717) is 10.8 Å². The first kappa shape index (κ1) is 13.9. The summed E-state index contributed by atoms with van der Waals surface area (Å²) in [6.07, 6.45) is 4.93. The molecule has 0 amide bonds. The van der Waals surface area contributed by atoms with Crippen LogP contribution in [0.4, 0.5) is 0 Å². The van der Waals surface area contributed by atoms with Crippen LogP contribution in [-0.2, 0) is 5.33 Å². The number of hydrogen-bond acceptors (Lipinski definition) is 0. The summed E-state index contributed by atoms with van der Waals surface area (Å²) < 4.78 is 0. The minimum atomic E-state index is 0.311. The van der Waals surface area contributed by atoms with E-state index < -0.39 is 0 Å². The second-order valence-electron chi connectivity index (χ2n) is 7.01. The lowest BCUT2D eigenvalue weighted by Gasteiger charge is -2.39. The molecule has 98 valence electrons. The van der Waals surface area contributed by atoms with Crippen molar-refractivity contribution < 1.29 is 0 Å². The van der Waals surface area contributed by atoms with Crippen molar-refractivity contribution >= 4 is 21.5 Å². The number of halogens is 1. The second-order valence-corrected chi connectivity index (χ2v) is 7.57. The minimum absolute atomic E-state index is 0.311. The molecule has 1 aliphatic carbocycles. The maximum absolute atomic E-state index is 3.50. The van der Waals surface area contributed by atoms with Gasteiger partial charge in [0.05, 0.1) is 0 Å². The van der Waals surface area contributed by atoms with E-state index in [0.717, 1.165) is 5.33 Å². The third-order valence-electron chi connectivity index (χ3n) is 3.65. The van der Waals surface area contributed by atoms with Crippen LogP contribution in [0.25, 0.3) is 5.57 Å². The molecule has 0 saturated carbocycles. The zero-order chi connectivity index (χ0) is 13.4. The summed E-state index contributed by atoms with van der Waals surface area (Å²) in [5.74, 6) is 0. The van der Waals surface area contributed by atoms with Crippen LogP contribution in [0, 0.1) is 10.8 Å². The van der Waals surface area contributed by atoms with Gasteiger partial charge in [-0.25, -0.2) is 0 Å². The van der Waals surface area contributed by atoms with E-state index in [2.05, 4.69) is 74.0 Å². The van der Waals surface area contributed by atoms with Gasteiger partial charge < -0.3 is 0 Å². The molecule has 0 nitrogen and oxygen atoms in total. The number of benzene rings is 1. The fraction of sp³-hybridized carbons (Fsp3) is 0.529. The van der Waals surface area contributed by atoms with E-state index in [1.165, 1.54) is 29.5 Å². The molecule has 0 spiro atoms. The van der Waals surface area contributed by atoms with E-state index in [4.69, 9.17) is 0 Å². The summed E-state index contributed by atoms with van der Waals surface area (Å²) in [7, 11) is 0. The Morgan fingerprint density at radius 1 is 1.06 bits per heavy atom. The fourth-order valence-electron chi connectivity index (χ4n) is 3.38. The fourth-order valence-corrected chi connectivity index (χ4v) is 3.75. The molecule has 0 atom stereocenters. The van der Waals surface area contributed by atoms with Gasteiger partial charge in [-0.15, -0.1) is 0 Å². The molecule has 0 fully saturated rings. The molecule has 0 saturated heterocycles. The predicted octanol–water partition coefficient (Wildman–Crippen LogP) is 5.81. The summed E-state index contributed by atoms with van der Waals surface area (Å²) in [6, 6.07) is 8.97. The quantitative estimate of drug-likeness (QED) is 0.605. The highest BCUT2D eigenvalue weighted by molar-refractivity contribution is 9.08. The second kappa shape index (κ2) is 4.85. The molecule has 18 heavy (non-hydrogen) atoms. The van der Waals surface area contributed by atoms with E-state index in [9.17, 15) is 0 Å². The Labute approximate surface area is 120 Å². The maximum atomic E-state index is 3.50. The van der Waals surface area contributed by atoms with Crippen molar-refractivity contribution in [2.24, 2.45) is 10.8 Å². The van der Waals surface area contributed by atoms with Crippen LogP contribution < -0.4 is 0 Å². The van der Waals surface area contributed by atoms with Gasteiger partial charge in [0.2, 0.25) is 0 Å². The summed E-state index contributed by atoms with van der Waals surface area (Å²) in [4.78, 5) is 0. The van der Waals surface area contributed by atoms with Crippen LogP contribution in [0.3, 0.4) is 0 Å². The summed E-state index contributed by atoms with van der Waals surface area (Å²) >= 11 is 3.50. The molecule has 2 rings (SSSR count). The number of rotatable bonds is 2. The van der Waals surface area contributed by atoms with Crippen molar-refractivity contribution in [2.45, 2.75) is 45.9 Å². The van der Waals surface area contributed by atoms with Crippen molar-refractivity contribution in [1.29, 1.82) is 0 Å². The van der Waals surface area contributed by atoms with Gasteiger partial charge >= 0.3 is 0 Å². The Kier molecular flexibility index (Phi) is 3.73. The van der Waals surface area contributed by atoms with Crippen molar-refractivity contribution in [2.75, 3.05) is 0 Å². The van der Waals surface area contributed by atoms with Gasteiger partial charge in [-0.1, -0.05) is 74.0 Å². The highest BCUT2D eigenvalue weighted by Gasteiger charge is 2.33. The van der Waals surface area contributed by atoms with E-state index in [1.807, 2.05) is 0 Å². The van der Waals surface area contributed by atoms with Gasteiger partial charge in [0.25, 0.3) is 0 Å². The van der Waals surface area contributed by atoms with E-state index >= 15 is 0 Å². The first-order valence-electron chi connectivity index (χ1n) is 6.68. The molecular formula is C17H23Br. The maximum Gasteiger partial charge on any atom is 0.0283 e. The van der Waals surface area contributed by atoms with Crippen molar-refractivity contribution in [1.82, 2.24) is 0 Å². The van der Waals surface area contributed by atoms with Crippen molar-refractivity contribution in [3.8, 4) is 0 Å². The van der Waals surface area contributed by atoms with Crippen molar-refractivity contribution in [3.05, 3.63) is 41.5 Å². The molecule has 0 radical (unpaired) electrons. The van der Waals surface area contributed by atoms with Crippen LogP contribution in [0.1, 0.15) is 51.7 Å². The third-order valence-corrected chi connectivity index (χ3v) is 4.29. The molecule has 0 bridgehead atoms. The summed E-state index contributed by atoms with van der Waals surface area (Å²) in [5, 5.41) is 0.934. The lowest BCUT2D eigenvalue weighted by atomic mass is 9.66. The predicted molar refractivity (Wildman–Crippen MR) is 83.8 cm³/mol. The first-order valence-corrected chi connectivity index (χ1v) is 7.81. The van der Waals surface area contributed by atoms with Gasteiger partial charge in [0, 0.05) is 5.33 Å². The topological polar surface area (TPSA) is 0 Å². The van der Waals surface area contributed by atoms with Crippen LogP contribution in [0.2, 0.25) is 0 Å². The van der Waals surface area contributed by atoms with Crippen LogP contribution >= 0.6 is 15.9 Å². The highest BCUT2D eigenvalue weighted by atomic mass is 79.9. The third kappa shape index (κ3) is 3.26. The Morgan fingerprint density at radius 3 is 2.17 bits per heavy atom. The highest BCUT2D eigenvalue weighted by Crippen LogP contribution is 2.47. The largest absolute Gasteiger partial charge is 0.0876 e. The lowest BCUT2D eigenvalue weighted by Crippen LogP contribution is -2.26. The SMILES string of the molecule is CC1(C)C=C(c2ccc(CBr)cc2)CC(C)(C)C1. The molecule has 0 heterocycles. The van der Waals surface area contributed by atoms with Gasteiger partial charge in [0.1, 0.15) is 0 Å². The smallest absolute Gasteiger partial charge is 0.0283 e. The molecule has 1 aliphatic rings. The molecule has 0 aliphatic heterocycles. The van der Waals surface area contributed by atoms with Crippen LogP contribution in [0.15, 0.2) is 30.3 Å². The average Bonchev–Trinajstić information content (AvgIpc) is 2.25. The molecule has 0 unspecified atom stereocenters. The molecule has 1 heteroatoms. The van der Waals surface area contributed by atoms with Gasteiger partial charge in [0.15, 0.2) is 0 Å². The number of allylic oxidation sites excluding steroid dienone is 2. The van der Waals surface area contributed by atoms with Crippen molar-refractivity contribution in [3.63, 3.8) is 0 Å².